The molecule has 1 aromatic rings. The molecule has 0 unspecified atom stereocenters. The van der Waals surface area contributed by atoms with Crippen molar-refractivity contribution in [2.45, 2.75) is 115 Å². The minimum absolute atomic E-state index is 0.0493. The molecule has 0 bridgehead atoms. The molecule has 46 heavy (non-hydrogen) atoms. The number of halogens is 3. The molecule has 1 fully saturated rings. The molecule has 1 aliphatic heterocycles. The molecular formula is C33H51F3N4O6. The summed E-state index contributed by atoms with van der Waals surface area (Å²) in [5.74, 6) is -1.06. The number of carbonyl (C=O) groups excluding carboxylic acids is 3. The van der Waals surface area contributed by atoms with Crippen LogP contribution in [0.2, 0.25) is 0 Å². The number of carbonyl (C=O) groups is 3. The third-order valence-corrected chi connectivity index (χ3v) is 8.75. The highest BCUT2D eigenvalue weighted by Gasteiger charge is 2.32. The molecule has 4 amide bonds. The van der Waals surface area contributed by atoms with E-state index in [1.54, 1.807) is 25.1 Å². The van der Waals surface area contributed by atoms with Crippen molar-refractivity contribution in [1.82, 2.24) is 15.1 Å². The van der Waals surface area contributed by atoms with Crippen LogP contribution in [0.25, 0.3) is 0 Å². The second-order valence-corrected chi connectivity index (χ2v) is 12.8. The molecule has 13 heteroatoms. The summed E-state index contributed by atoms with van der Waals surface area (Å²) >= 11 is 0. The van der Waals surface area contributed by atoms with Gasteiger partial charge in [-0.25, -0.2) is 4.79 Å². The predicted octanol–water partition coefficient (Wildman–Crippen LogP) is 5.74. The third-order valence-electron chi connectivity index (χ3n) is 8.75. The van der Waals surface area contributed by atoms with E-state index in [0.29, 0.717) is 30.9 Å². The zero-order valence-electron chi connectivity index (χ0n) is 27.5. The maximum Gasteiger partial charge on any atom is 0.389 e. The number of benzene rings is 1. The van der Waals surface area contributed by atoms with E-state index in [1.807, 2.05) is 13.8 Å². The van der Waals surface area contributed by atoms with Crippen LogP contribution in [0.1, 0.15) is 95.3 Å². The Morgan fingerprint density at radius 2 is 1.80 bits per heavy atom. The molecule has 0 spiro atoms. The predicted molar refractivity (Wildman–Crippen MR) is 169 cm³/mol. The van der Waals surface area contributed by atoms with Crippen molar-refractivity contribution in [2.75, 3.05) is 38.7 Å². The minimum Gasteiger partial charge on any atom is -0.490 e. The fraction of sp³-hybridized carbons (Fsp3) is 0.727. The first kappa shape index (κ1) is 37.4. The SMILES string of the molecule is C[C@@H]1CCCCO[C@@H](CN(C)C(=O)CCC(F)(F)F)[C@@H](C)CN([C@H](C)CO)C(=O)c2cc(NC(=O)NC3CCCCC3)ccc2O1. The van der Waals surface area contributed by atoms with Gasteiger partial charge in [-0.3, -0.25) is 9.59 Å². The number of nitrogens with zero attached hydrogens (tertiary/aromatic N) is 2. The number of amides is 4. The second-order valence-electron chi connectivity index (χ2n) is 12.8. The van der Waals surface area contributed by atoms with E-state index < -0.39 is 43.0 Å². The molecule has 1 aromatic carbocycles. The van der Waals surface area contributed by atoms with E-state index in [2.05, 4.69) is 10.6 Å². The summed E-state index contributed by atoms with van der Waals surface area (Å²) < 4.78 is 50.6. The summed E-state index contributed by atoms with van der Waals surface area (Å²) in [4.78, 5) is 42.3. The maximum absolute atomic E-state index is 14.2. The Kier molecular flexibility index (Phi) is 14.4. The molecule has 1 heterocycles. The van der Waals surface area contributed by atoms with Gasteiger partial charge in [0, 0.05) is 50.8 Å². The Balaban J connectivity index is 1.86. The first-order chi connectivity index (χ1) is 21.8. The van der Waals surface area contributed by atoms with Gasteiger partial charge in [-0.05, 0) is 64.2 Å². The monoisotopic (exact) mass is 656 g/mol. The largest absolute Gasteiger partial charge is 0.490 e. The first-order valence-electron chi connectivity index (χ1n) is 16.5. The van der Waals surface area contributed by atoms with E-state index in [1.165, 1.54) is 16.8 Å². The molecule has 10 nitrogen and oxygen atoms in total. The lowest BCUT2D eigenvalue weighted by atomic mass is 9.96. The minimum atomic E-state index is -4.43. The summed E-state index contributed by atoms with van der Waals surface area (Å²) in [5, 5.41) is 16.0. The molecule has 3 rings (SSSR count). The lowest BCUT2D eigenvalue weighted by Gasteiger charge is -2.36. The number of likely N-dealkylation sites (N-methyl/N-ethyl adjacent to an activating group) is 1. The Morgan fingerprint density at radius 3 is 2.48 bits per heavy atom. The Labute approximate surface area is 270 Å². The summed E-state index contributed by atoms with van der Waals surface area (Å²) in [7, 11) is 1.45. The number of ether oxygens (including phenoxy) is 2. The number of anilines is 1. The number of nitrogens with one attached hydrogen (secondary N) is 2. The van der Waals surface area contributed by atoms with E-state index >= 15 is 0 Å². The van der Waals surface area contributed by atoms with Crippen LogP contribution in [0, 0.1) is 5.92 Å². The molecule has 0 radical (unpaired) electrons. The standard InChI is InChI=1S/C33H51F3N4O6/c1-22-19-40(23(2)21-41)31(43)27-18-26(38-32(44)37-25-11-6-5-7-12-25)13-14-28(27)46-24(3)10-8-9-17-45-29(22)20-39(4)30(42)15-16-33(34,35)36/h13-14,18,22-25,29,41H,5-12,15-17,19-21H2,1-4H3,(H2,37,38,44)/t22-,23+,24+,29-/m0/s1. The lowest BCUT2D eigenvalue weighted by molar-refractivity contribution is -0.149. The summed E-state index contributed by atoms with van der Waals surface area (Å²) in [5.41, 5.74) is 0.645. The van der Waals surface area contributed by atoms with Gasteiger partial charge in [-0.1, -0.05) is 26.2 Å². The van der Waals surface area contributed by atoms with Crippen LogP contribution in [-0.4, -0.2) is 96.6 Å². The van der Waals surface area contributed by atoms with Crippen LogP contribution in [0.4, 0.5) is 23.7 Å². The summed E-state index contributed by atoms with van der Waals surface area (Å²) in [6, 6.07) is 4.10. The highest BCUT2D eigenvalue weighted by molar-refractivity contribution is 5.99. The molecular weight excluding hydrogens is 605 g/mol. The van der Waals surface area contributed by atoms with Crippen LogP contribution in [0.15, 0.2) is 18.2 Å². The number of hydrogen-bond donors (Lipinski definition) is 3. The smallest absolute Gasteiger partial charge is 0.389 e. The maximum atomic E-state index is 14.2. The average Bonchev–Trinajstić information content (AvgIpc) is 3.01. The van der Waals surface area contributed by atoms with Crippen LogP contribution in [0.3, 0.4) is 0 Å². The number of rotatable bonds is 8. The number of aliphatic hydroxyl groups is 1. The molecule has 4 atom stereocenters. The van der Waals surface area contributed by atoms with Gasteiger partial charge < -0.3 is 35.0 Å². The van der Waals surface area contributed by atoms with Gasteiger partial charge in [0.1, 0.15) is 5.75 Å². The van der Waals surface area contributed by atoms with Crippen molar-refractivity contribution >= 4 is 23.5 Å². The van der Waals surface area contributed by atoms with E-state index in [4.69, 9.17) is 9.47 Å². The highest BCUT2D eigenvalue weighted by atomic mass is 19.4. The Hall–Kier alpha value is -3.06. The van der Waals surface area contributed by atoms with Crippen molar-refractivity contribution < 1.29 is 42.1 Å². The van der Waals surface area contributed by atoms with Crippen LogP contribution >= 0.6 is 0 Å². The van der Waals surface area contributed by atoms with E-state index in [-0.39, 0.29) is 49.4 Å². The van der Waals surface area contributed by atoms with Gasteiger partial charge in [-0.15, -0.1) is 0 Å². The lowest BCUT2D eigenvalue weighted by Crippen LogP contribution is -2.48. The van der Waals surface area contributed by atoms with Crippen LogP contribution < -0.4 is 15.4 Å². The molecule has 1 aliphatic carbocycles. The topological polar surface area (TPSA) is 120 Å². The van der Waals surface area contributed by atoms with Gasteiger partial charge in [0.05, 0.1) is 36.8 Å². The summed E-state index contributed by atoms with van der Waals surface area (Å²) in [6.07, 6.45) is 0.193. The average molecular weight is 657 g/mol. The molecule has 1 saturated carbocycles. The van der Waals surface area contributed by atoms with Crippen LogP contribution in [0.5, 0.6) is 5.75 Å². The zero-order chi connectivity index (χ0) is 33.9. The molecule has 2 aliphatic rings. The fourth-order valence-corrected chi connectivity index (χ4v) is 5.87. The molecule has 0 aromatic heterocycles. The zero-order valence-corrected chi connectivity index (χ0v) is 27.5. The number of aliphatic hydroxyl groups excluding tert-OH is 1. The highest BCUT2D eigenvalue weighted by Crippen LogP contribution is 2.29. The number of fused-ring (bicyclic) bond motifs is 1. The van der Waals surface area contributed by atoms with Crippen molar-refractivity contribution in [1.29, 1.82) is 0 Å². The Bertz CT molecular complexity index is 1150. The quantitative estimate of drug-likeness (QED) is 0.329. The third kappa shape index (κ3) is 11.9. The summed E-state index contributed by atoms with van der Waals surface area (Å²) in [6.45, 7) is 5.68. The molecule has 0 saturated heterocycles. The van der Waals surface area contributed by atoms with Gasteiger partial charge in [0.15, 0.2) is 0 Å². The fourth-order valence-electron chi connectivity index (χ4n) is 5.87. The van der Waals surface area contributed by atoms with E-state index in [9.17, 15) is 32.7 Å². The number of alkyl halides is 3. The van der Waals surface area contributed by atoms with Gasteiger partial charge in [0.25, 0.3) is 5.91 Å². The normalized spacial score (nSPS) is 23.0. The van der Waals surface area contributed by atoms with Crippen molar-refractivity contribution in [3.05, 3.63) is 23.8 Å². The number of hydrogen-bond acceptors (Lipinski definition) is 6. The second kappa shape index (κ2) is 17.7. The first-order valence-corrected chi connectivity index (χ1v) is 16.5. The molecule has 3 N–H and O–H groups in total. The van der Waals surface area contributed by atoms with Crippen molar-refractivity contribution in [3.63, 3.8) is 0 Å². The van der Waals surface area contributed by atoms with E-state index in [0.717, 1.165) is 38.5 Å². The Morgan fingerprint density at radius 1 is 1.11 bits per heavy atom. The van der Waals surface area contributed by atoms with Crippen molar-refractivity contribution in [2.24, 2.45) is 5.92 Å². The van der Waals surface area contributed by atoms with Crippen LogP contribution in [-0.2, 0) is 9.53 Å². The number of urea groups is 1. The van der Waals surface area contributed by atoms with Crippen molar-refractivity contribution in [3.8, 4) is 5.75 Å². The van der Waals surface area contributed by atoms with Gasteiger partial charge in [0.2, 0.25) is 5.91 Å². The molecule has 260 valence electrons. The van der Waals surface area contributed by atoms with Gasteiger partial charge in [-0.2, -0.15) is 13.2 Å². The van der Waals surface area contributed by atoms with Gasteiger partial charge >= 0.3 is 12.2 Å².